The van der Waals surface area contributed by atoms with Gasteiger partial charge in [0.05, 0.1) is 25.0 Å². The number of ether oxygens (including phenoxy) is 2. The van der Waals surface area contributed by atoms with Crippen LogP contribution in [0.15, 0.2) is 36.4 Å². The number of aryl methyl sites for hydroxylation is 2. The number of fused-ring (bicyclic) bond motifs is 1. The van der Waals surface area contributed by atoms with Gasteiger partial charge in [-0.25, -0.2) is 8.42 Å². The number of halogens is 1. The van der Waals surface area contributed by atoms with Gasteiger partial charge in [-0.1, -0.05) is 23.7 Å². The van der Waals surface area contributed by atoms with Crippen molar-refractivity contribution in [1.29, 1.82) is 0 Å². The number of carbonyl (C=O) groups is 1. The van der Waals surface area contributed by atoms with Gasteiger partial charge in [0.15, 0.2) is 6.10 Å². The molecule has 0 aromatic heterocycles. The Morgan fingerprint density at radius 2 is 2.03 bits per heavy atom. The Hall–Kier alpha value is -2.45. The van der Waals surface area contributed by atoms with Crippen LogP contribution in [0.2, 0.25) is 5.02 Å². The Kier molecular flexibility index (Phi) is 6.24. The number of carbonyl (C=O) groups excluding carboxylic acids is 1. The third kappa shape index (κ3) is 5.13. The summed E-state index contributed by atoms with van der Waals surface area (Å²) < 4.78 is 36.9. The van der Waals surface area contributed by atoms with Crippen LogP contribution in [0.3, 0.4) is 0 Å². The zero-order valence-electron chi connectivity index (χ0n) is 16.4. The van der Waals surface area contributed by atoms with Crippen molar-refractivity contribution in [2.24, 2.45) is 0 Å². The fourth-order valence-corrected chi connectivity index (χ4v) is 4.02. The highest BCUT2D eigenvalue weighted by Gasteiger charge is 2.34. The van der Waals surface area contributed by atoms with Crippen LogP contribution in [-0.2, 0) is 14.8 Å². The molecule has 0 saturated carbocycles. The fraction of sp³-hybridized carbons (Fsp3) is 0.350. The van der Waals surface area contributed by atoms with Gasteiger partial charge in [-0.3, -0.25) is 9.10 Å². The molecule has 1 aliphatic heterocycles. The lowest BCUT2D eigenvalue weighted by Gasteiger charge is -2.34. The predicted octanol–water partition coefficient (Wildman–Crippen LogP) is 2.68. The van der Waals surface area contributed by atoms with Gasteiger partial charge in [0, 0.05) is 5.02 Å². The monoisotopic (exact) mass is 438 g/mol. The van der Waals surface area contributed by atoms with Crippen LogP contribution >= 0.6 is 11.6 Å². The van der Waals surface area contributed by atoms with Crippen LogP contribution in [0.1, 0.15) is 11.1 Å². The highest BCUT2D eigenvalue weighted by molar-refractivity contribution is 7.92. The molecule has 1 heterocycles. The molecule has 1 aliphatic rings. The van der Waals surface area contributed by atoms with E-state index in [0.29, 0.717) is 22.2 Å². The molecule has 0 radical (unpaired) electrons. The van der Waals surface area contributed by atoms with Gasteiger partial charge in [-0.2, -0.15) is 0 Å². The van der Waals surface area contributed by atoms with E-state index in [1.807, 2.05) is 19.9 Å². The van der Waals surface area contributed by atoms with Crippen molar-refractivity contribution >= 4 is 33.2 Å². The molecule has 0 bridgehead atoms. The summed E-state index contributed by atoms with van der Waals surface area (Å²) in [5, 5.41) is 3.33. The number of rotatable bonds is 6. The molecule has 2 aromatic carbocycles. The zero-order chi connectivity index (χ0) is 21.2. The van der Waals surface area contributed by atoms with Crippen molar-refractivity contribution < 1.29 is 22.7 Å². The SMILES string of the molecule is Cc1ccc2c(c1)OC(C(=O)NCCOc1ccc(C)c(Cl)c1)CN2S(C)(=O)=O. The predicted molar refractivity (Wildman–Crippen MR) is 112 cm³/mol. The second-order valence-corrected chi connectivity index (χ2v) is 9.24. The second kappa shape index (κ2) is 8.51. The van der Waals surface area contributed by atoms with Crippen LogP contribution in [0.5, 0.6) is 11.5 Å². The first-order valence-electron chi connectivity index (χ1n) is 9.07. The lowest BCUT2D eigenvalue weighted by atomic mass is 10.1. The Morgan fingerprint density at radius 1 is 1.28 bits per heavy atom. The molecule has 7 nitrogen and oxygen atoms in total. The van der Waals surface area contributed by atoms with Crippen molar-refractivity contribution in [3.63, 3.8) is 0 Å². The molecule has 156 valence electrons. The number of hydrogen-bond donors (Lipinski definition) is 1. The van der Waals surface area contributed by atoms with E-state index in [1.54, 1.807) is 30.3 Å². The van der Waals surface area contributed by atoms with Crippen LogP contribution in [0.4, 0.5) is 5.69 Å². The van der Waals surface area contributed by atoms with Gasteiger partial charge in [-0.15, -0.1) is 0 Å². The highest BCUT2D eigenvalue weighted by atomic mass is 35.5. The quantitative estimate of drug-likeness (QED) is 0.701. The minimum Gasteiger partial charge on any atom is -0.492 e. The van der Waals surface area contributed by atoms with E-state index < -0.39 is 22.0 Å². The fourth-order valence-electron chi connectivity index (χ4n) is 2.93. The van der Waals surface area contributed by atoms with E-state index in [1.165, 1.54) is 4.31 Å². The molecule has 0 spiro atoms. The van der Waals surface area contributed by atoms with Crippen molar-refractivity contribution in [2.75, 3.05) is 30.3 Å². The normalized spacial score (nSPS) is 16.0. The van der Waals surface area contributed by atoms with Crippen LogP contribution in [0.25, 0.3) is 0 Å². The molecule has 29 heavy (non-hydrogen) atoms. The Morgan fingerprint density at radius 3 is 2.72 bits per heavy atom. The maximum absolute atomic E-state index is 12.5. The van der Waals surface area contributed by atoms with Crippen LogP contribution < -0.4 is 19.1 Å². The summed E-state index contributed by atoms with van der Waals surface area (Å²) in [5.74, 6) is 0.570. The molecule has 1 atom stereocenters. The zero-order valence-corrected chi connectivity index (χ0v) is 18.0. The Bertz CT molecular complexity index is 1030. The third-order valence-corrected chi connectivity index (χ3v) is 6.04. The summed E-state index contributed by atoms with van der Waals surface area (Å²) in [4.78, 5) is 12.5. The summed E-state index contributed by atoms with van der Waals surface area (Å²) in [6.45, 7) is 4.16. The van der Waals surface area contributed by atoms with Crippen molar-refractivity contribution in [1.82, 2.24) is 5.32 Å². The van der Waals surface area contributed by atoms with E-state index >= 15 is 0 Å². The number of anilines is 1. The van der Waals surface area contributed by atoms with Gasteiger partial charge in [0.1, 0.15) is 18.1 Å². The van der Waals surface area contributed by atoms with E-state index in [2.05, 4.69) is 5.32 Å². The number of amides is 1. The molecular formula is C20H23ClN2O5S. The Balaban J connectivity index is 1.61. The summed E-state index contributed by atoms with van der Waals surface area (Å²) >= 11 is 6.06. The first-order valence-corrected chi connectivity index (χ1v) is 11.3. The van der Waals surface area contributed by atoms with Crippen LogP contribution in [0, 0.1) is 13.8 Å². The van der Waals surface area contributed by atoms with Gasteiger partial charge in [0.25, 0.3) is 5.91 Å². The minimum absolute atomic E-state index is 0.0881. The summed E-state index contributed by atoms with van der Waals surface area (Å²) in [6, 6.07) is 10.6. The standard InChI is InChI=1S/C20H23ClN2O5S/c1-13-4-7-17-18(10-13)28-19(12-23(17)29(3,25)26)20(24)22-8-9-27-15-6-5-14(2)16(21)11-15/h4-7,10-11,19H,8-9,12H2,1-3H3,(H,22,24). The summed E-state index contributed by atoms with van der Waals surface area (Å²) in [7, 11) is -3.55. The average Bonchev–Trinajstić information content (AvgIpc) is 2.65. The van der Waals surface area contributed by atoms with Gasteiger partial charge < -0.3 is 14.8 Å². The topological polar surface area (TPSA) is 84.9 Å². The number of sulfonamides is 1. The largest absolute Gasteiger partial charge is 0.492 e. The molecule has 2 aromatic rings. The maximum Gasteiger partial charge on any atom is 0.263 e. The Labute approximate surface area is 175 Å². The maximum atomic E-state index is 12.5. The van der Waals surface area contributed by atoms with E-state index in [9.17, 15) is 13.2 Å². The molecule has 1 amide bonds. The van der Waals surface area contributed by atoms with E-state index in [4.69, 9.17) is 21.1 Å². The van der Waals surface area contributed by atoms with Crippen molar-refractivity contribution in [2.45, 2.75) is 20.0 Å². The van der Waals surface area contributed by atoms with Gasteiger partial charge >= 0.3 is 0 Å². The first-order chi connectivity index (χ1) is 13.6. The van der Waals surface area contributed by atoms with Crippen molar-refractivity contribution in [3.05, 3.63) is 52.5 Å². The van der Waals surface area contributed by atoms with Crippen molar-refractivity contribution in [3.8, 4) is 11.5 Å². The van der Waals surface area contributed by atoms with E-state index in [-0.39, 0.29) is 19.7 Å². The lowest BCUT2D eigenvalue weighted by molar-refractivity contribution is -0.127. The molecule has 9 heteroatoms. The molecule has 0 fully saturated rings. The second-order valence-electron chi connectivity index (χ2n) is 6.92. The average molecular weight is 439 g/mol. The molecule has 0 aliphatic carbocycles. The van der Waals surface area contributed by atoms with E-state index in [0.717, 1.165) is 17.4 Å². The molecule has 3 rings (SSSR count). The summed E-state index contributed by atoms with van der Waals surface area (Å²) in [6.07, 6.45) is 0.158. The first kappa shape index (κ1) is 21.3. The highest BCUT2D eigenvalue weighted by Crippen LogP contribution is 2.35. The lowest BCUT2D eigenvalue weighted by Crippen LogP contribution is -2.51. The molecule has 1 N–H and O–H groups in total. The van der Waals surface area contributed by atoms with Crippen LogP contribution in [-0.4, -0.2) is 46.4 Å². The number of hydrogen-bond acceptors (Lipinski definition) is 5. The number of nitrogens with zero attached hydrogens (tertiary/aromatic N) is 1. The number of nitrogens with one attached hydrogen (secondary N) is 1. The smallest absolute Gasteiger partial charge is 0.263 e. The minimum atomic E-state index is -3.55. The van der Waals surface area contributed by atoms with Gasteiger partial charge in [0.2, 0.25) is 10.0 Å². The molecule has 0 saturated heterocycles. The molecule has 1 unspecified atom stereocenters. The summed E-state index contributed by atoms with van der Waals surface area (Å²) in [5.41, 5.74) is 2.29. The van der Waals surface area contributed by atoms with Gasteiger partial charge in [-0.05, 0) is 49.2 Å². The third-order valence-electron chi connectivity index (χ3n) is 4.49. The molecular weight excluding hydrogens is 416 g/mol. The number of benzene rings is 2.